The van der Waals surface area contributed by atoms with Crippen molar-refractivity contribution in [3.63, 3.8) is 0 Å². The first-order chi connectivity index (χ1) is 11.8. The van der Waals surface area contributed by atoms with Gasteiger partial charge < -0.3 is 10.1 Å². The van der Waals surface area contributed by atoms with E-state index in [1.807, 2.05) is 31.2 Å². The molecule has 4 nitrogen and oxygen atoms in total. The van der Waals surface area contributed by atoms with E-state index in [2.05, 4.69) is 26.1 Å². The predicted octanol–water partition coefficient (Wildman–Crippen LogP) is 4.02. The number of amides is 1. The first-order valence-corrected chi connectivity index (χ1v) is 8.42. The minimum Gasteiger partial charge on any atom is -0.426 e. The number of hydrogen-bond donors (Lipinski definition) is 1. The lowest BCUT2D eigenvalue weighted by Crippen LogP contribution is -2.27. The summed E-state index contributed by atoms with van der Waals surface area (Å²) in [6.07, 6.45) is 0.125. The molecule has 0 fully saturated rings. The Balaban J connectivity index is 1.81. The van der Waals surface area contributed by atoms with Gasteiger partial charge in [0.15, 0.2) is 0 Å². The quantitative estimate of drug-likeness (QED) is 0.661. The molecule has 0 heterocycles. The fourth-order valence-corrected chi connectivity index (χ4v) is 2.36. The average molecular weight is 339 g/mol. The molecule has 0 unspecified atom stereocenters. The number of hydrogen-bond acceptors (Lipinski definition) is 3. The highest BCUT2D eigenvalue weighted by Crippen LogP contribution is 2.22. The van der Waals surface area contributed by atoms with Crippen molar-refractivity contribution >= 4 is 11.9 Å². The first-order valence-electron chi connectivity index (χ1n) is 8.42. The molecule has 0 aromatic heterocycles. The van der Waals surface area contributed by atoms with Crippen LogP contribution in [0.25, 0.3) is 0 Å². The van der Waals surface area contributed by atoms with Crippen molar-refractivity contribution in [1.29, 1.82) is 0 Å². The van der Waals surface area contributed by atoms with Crippen LogP contribution in [0.5, 0.6) is 5.75 Å². The Hall–Kier alpha value is -2.62. The summed E-state index contributed by atoms with van der Waals surface area (Å²) >= 11 is 0. The molecule has 0 saturated carbocycles. The van der Waals surface area contributed by atoms with Gasteiger partial charge in [-0.1, -0.05) is 45.0 Å². The van der Waals surface area contributed by atoms with E-state index in [1.165, 1.54) is 5.56 Å². The number of benzene rings is 2. The molecular weight excluding hydrogens is 314 g/mol. The van der Waals surface area contributed by atoms with E-state index in [0.717, 1.165) is 5.56 Å². The average Bonchev–Trinajstić information content (AvgIpc) is 2.54. The number of aryl methyl sites for hydroxylation is 1. The Morgan fingerprint density at radius 3 is 2.32 bits per heavy atom. The molecule has 0 aliphatic carbocycles. The van der Waals surface area contributed by atoms with Crippen molar-refractivity contribution in [2.24, 2.45) is 0 Å². The van der Waals surface area contributed by atoms with E-state index in [1.54, 1.807) is 24.3 Å². The van der Waals surface area contributed by atoms with Crippen molar-refractivity contribution in [3.05, 3.63) is 65.2 Å². The van der Waals surface area contributed by atoms with Crippen LogP contribution in [-0.4, -0.2) is 18.4 Å². The minimum atomic E-state index is -0.367. The van der Waals surface area contributed by atoms with E-state index in [4.69, 9.17) is 4.74 Å². The standard InChI is InChI=1S/C21H25NO3/c1-15-6-5-7-18(14-15)25-19(23)12-13-22-20(24)16-8-10-17(11-9-16)21(2,3)4/h5-11,14H,12-13H2,1-4H3,(H,22,24). The van der Waals surface area contributed by atoms with Gasteiger partial charge in [-0.3, -0.25) is 9.59 Å². The van der Waals surface area contributed by atoms with E-state index < -0.39 is 0 Å². The molecule has 132 valence electrons. The molecule has 0 bridgehead atoms. The lowest BCUT2D eigenvalue weighted by molar-refractivity contribution is -0.134. The summed E-state index contributed by atoms with van der Waals surface area (Å²) in [5.74, 6) is -0.0353. The Morgan fingerprint density at radius 2 is 1.72 bits per heavy atom. The summed E-state index contributed by atoms with van der Waals surface area (Å²) in [5, 5.41) is 2.75. The van der Waals surface area contributed by atoms with E-state index in [9.17, 15) is 9.59 Å². The van der Waals surface area contributed by atoms with E-state index in [0.29, 0.717) is 11.3 Å². The first kappa shape index (κ1) is 18.7. The summed E-state index contributed by atoms with van der Waals surface area (Å²) in [7, 11) is 0. The number of nitrogens with one attached hydrogen (secondary N) is 1. The van der Waals surface area contributed by atoms with Crippen LogP contribution in [0.2, 0.25) is 0 Å². The predicted molar refractivity (Wildman–Crippen MR) is 98.9 cm³/mol. The highest BCUT2D eigenvalue weighted by atomic mass is 16.5. The maximum atomic E-state index is 12.1. The molecular formula is C21H25NO3. The number of carbonyl (C=O) groups is 2. The van der Waals surface area contributed by atoms with Crippen LogP contribution in [0.4, 0.5) is 0 Å². The molecule has 0 spiro atoms. The van der Waals surface area contributed by atoms with Crippen molar-refractivity contribution in [2.45, 2.75) is 39.5 Å². The zero-order valence-electron chi connectivity index (χ0n) is 15.3. The maximum Gasteiger partial charge on any atom is 0.312 e. The monoisotopic (exact) mass is 339 g/mol. The van der Waals surface area contributed by atoms with Crippen LogP contribution in [-0.2, 0) is 10.2 Å². The van der Waals surface area contributed by atoms with Gasteiger partial charge in [-0.15, -0.1) is 0 Å². The Bertz CT molecular complexity index is 742. The van der Waals surface area contributed by atoms with Crippen molar-refractivity contribution in [2.75, 3.05) is 6.54 Å². The molecule has 0 atom stereocenters. The molecule has 0 saturated heterocycles. The number of carbonyl (C=O) groups excluding carboxylic acids is 2. The zero-order valence-corrected chi connectivity index (χ0v) is 15.3. The summed E-state index contributed by atoms with van der Waals surface area (Å²) in [4.78, 5) is 24.0. The van der Waals surface area contributed by atoms with Gasteiger partial charge in [0, 0.05) is 12.1 Å². The van der Waals surface area contributed by atoms with E-state index >= 15 is 0 Å². The molecule has 2 rings (SSSR count). The van der Waals surface area contributed by atoms with E-state index in [-0.39, 0.29) is 30.3 Å². The Labute approximate surface area is 149 Å². The van der Waals surface area contributed by atoms with Gasteiger partial charge in [-0.05, 0) is 47.7 Å². The third kappa shape index (κ3) is 5.75. The summed E-state index contributed by atoms with van der Waals surface area (Å²) < 4.78 is 5.25. The fourth-order valence-electron chi connectivity index (χ4n) is 2.36. The Morgan fingerprint density at radius 1 is 1.04 bits per heavy atom. The van der Waals surface area contributed by atoms with Crippen molar-refractivity contribution < 1.29 is 14.3 Å². The van der Waals surface area contributed by atoms with Crippen LogP contribution in [0.1, 0.15) is 48.7 Å². The second-order valence-corrected chi connectivity index (χ2v) is 7.12. The van der Waals surface area contributed by atoms with Crippen LogP contribution in [0, 0.1) is 6.92 Å². The van der Waals surface area contributed by atoms with Crippen LogP contribution < -0.4 is 10.1 Å². The van der Waals surface area contributed by atoms with Gasteiger partial charge in [-0.25, -0.2) is 0 Å². The summed E-state index contributed by atoms with van der Waals surface area (Å²) in [6, 6.07) is 14.8. The van der Waals surface area contributed by atoms with Crippen LogP contribution >= 0.6 is 0 Å². The molecule has 4 heteroatoms. The highest BCUT2D eigenvalue weighted by molar-refractivity contribution is 5.94. The number of ether oxygens (including phenoxy) is 1. The molecule has 2 aromatic carbocycles. The normalized spacial score (nSPS) is 11.0. The van der Waals surface area contributed by atoms with Crippen LogP contribution in [0.3, 0.4) is 0 Å². The van der Waals surface area contributed by atoms with Gasteiger partial charge in [-0.2, -0.15) is 0 Å². The summed E-state index contributed by atoms with van der Waals surface area (Å²) in [6.45, 7) is 8.55. The summed E-state index contributed by atoms with van der Waals surface area (Å²) in [5.41, 5.74) is 2.83. The minimum absolute atomic E-state index is 0.0502. The van der Waals surface area contributed by atoms with Crippen molar-refractivity contribution in [1.82, 2.24) is 5.32 Å². The van der Waals surface area contributed by atoms with Gasteiger partial charge >= 0.3 is 5.97 Å². The topological polar surface area (TPSA) is 55.4 Å². The molecule has 2 aromatic rings. The third-order valence-corrected chi connectivity index (χ3v) is 3.85. The zero-order chi connectivity index (χ0) is 18.4. The largest absolute Gasteiger partial charge is 0.426 e. The molecule has 0 radical (unpaired) electrons. The SMILES string of the molecule is Cc1cccc(OC(=O)CCNC(=O)c2ccc(C(C)(C)C)cc2)c1. The number of rotatable bonds is 5. The van der Waals surface area contributed by atoms with Gasteiger partial charge in [0.1, 0.15) is 5.75 Å². The smallest absolute Gasteiger partial charge is 0.312 e. The molecule has 25 heavy (non-hydrogen) atoms. The maximum absolute atomic E-state index is 12.1. The lowest BCUT2D eigenvalue weighted by Gasteiger charge is -2.19. The second-order valence-electron chi connectivity index (χ2n) is 7.12. The van der Waals surface area contributed by atoms with Gasteiger partial charge in [0.05, 0.1) is 6.42 Å². The fraction of sp³-hybridized carbons (Fsp3) is 0.333. The van der Waals surface area contributed by atoms with Gasteiger partial charge in [0.2, 0.25) is 0 Å². The molecule has 1 N–H and O–H groups in total. The van der Waals surface area contributed by atoms with Crippen molar-refractivity contribution in [3.8, 4) is 5.75 Å². The highest BCUT2D eigenvalue weighted by Gasteiger charge is 2.14. The molecule has 0 aliphatic rings. The van der Waals surface area contributed by atoms with Gasteiger partial charge in [0.25, 0.3) is 5.91 Å². The lowest BCUT2D eigenvalue weighted by atomic mass is 9.87. The molecule has 0 aliphatic heterocycles. The number of esters is 1. The third-order valence-electron chi connectivity index (χ3n) is 3.85. The molecule has 1 amide bonds. The van der Waals surface area contributed by atoms with Crippen LogP contribution in [0.15, 0.2) is 48.5 Å². The second kappa shape index (κ2) is 7.97. The Kier molecular flexibility index (Phi) is 5.97.